The van der Waals surface area contributed by atoms with Crippen LogP contribution < -0.4 is 0 Å². The molecule has 3 saturated carbocycles. The number of hydrogen-bond donors (Lipinski definition) is 2. The minimum absolute atomic E-state index is 0.0286. The first-order valence-corrected chi connectivity index (χ1v) is 12.2. The molecule has 1 unspecified atom stereocenters. The summed E-state index contributed by atoms with van der Waals surface area (Å²) in [5, 5.41) is 20.2. The lowest BCUT2D eigenvalue weighted by Gasteiger charge is -2.61. The molecule has 166 valence electrons. The van der Waals surface area contributed by atoms with Crippen LogP contribution in [0.15, 0.2) is 11.6 Å². The number of ketones is 1. The fourth-order valence-corrected chi connectivity index (χ4v) is 9.25. The van der Waals surface area contributed by atoms with Crippen LogP contribution in [0.2, 0.25) is 0 Å². The number of carbonyl (C=O) groups excluding carboxylic acids is 2. The summed E-state index contributed by atoms with van der Waals surface area (Å²) in [4.78, 5) is 36.8. The molecule has 4 aliphatic carbocycles. The van der Waals surface area contributed by atoms with Gasteiger partial charge in [0, 0.05) is 25.2 Å². The van der Waals surface area contributed by atoms with Crippen LogP contribution in [0.5, 0.6) is 0 Å². The molecule has 0 spiro atoms. The number of aliphatic hydroxyl groups is 1. The molecule has 30 heavy (non-hydrogen) atoms. The number of fused-ring (bicyclic) bond motifs is 5. The summed E-state index contributed by atoms with van der Waals surface area (Å²) in [5.41, 5.74) is -0.0812. The second-order valence-corrected chi connectivity index (χ2v) is 12.0. The van der Waals surface area contributed by atoms with Crippen molar-refractivity contribution in [3.05, 3.63) is 11.6 Å². The van der Waals surface area contributed by atoms with Crippen molar-refractivity contribution in [3.8, 4) is 0 Å². The van der Waals surface area contributed by atoms with E-state index >= 15 is 0 Å². The Bertz CT molecular complexity index is 805. The lowest BCUT2D eigenvalue weighted by molar-refractivity contribution is -0.165. The van der Waals surface area contributed by atoms with Gasteiger partial charge in [0.05, 0.1) is 5.41 Å². The van der Waals surface area contributed by atoms with Crippen molar-refractivity contribution in [2.45, 2.75) is 77.4 Å². The zero-order valence-corrected chi connectivity index (χ0v) is 19.1. The number of allylic oxidation sites excluding steroid dienone is 1. The fourth-order valence-electron chi connectivity index (χ4n) is 8.03. The third-order valence-electron chi connectivity index (χ3n) is 9.59. The molecule has 6 heteroatoms. The molecule has 0 aromatic heterocycles. The highest BCUT2D eigenvalue weighted by Gasteiger charge is 2.68. The van der Waals surface area contributed by atoms with Gasteiger partial charge in [-0.2, -0.15) is 0 Å². The molecule has 4 aliphatic rings. The topological polar surface area (TPSA) is 91.7 Å². The van der Waals surface area contributed by atoms with E-state index in [2.05, 4.69) is 13.8 Å². The minimum Gasteiger partial charge on any atom is -0.481 e. The number of carboxylic acid groups (broad SMARTS) is 1. The van der Waals surface area contributed by atoms with Crippen molar-refractivity contribution < 1.29 is 24.6 Å². The van der Waals surface area contributed by atoms with Crippen LogP contribution >= 0.6 is 11.8 Å². The highest BCUT2D eigenvalue weighted by molar-refractivity contribution is 8.14. The van der Waals surface area contributed by atoms with E-state index in [9.17, 15) is 24.6 Å². The SMILES string of the molecule is CC(=O)SC1CC2=CC(=O)CC[C@]2(C)[C@H]2CC[C@@]3(C)[C@@H](CC[C@@]3(CCO)C(=O)O)[C@H]12. The molecule has 0 saturated heterocycles. The Morgan fingerprint density at radius 2 is 1.87 bits per heavy atom. The van der Waals surface area contributed by atoms with Gasteiger partial charge in [-0.3, -0.25) is 14.4 Å². The van der Waals surface area contributed by atoms with Gasteiger partial charge >= 0.3 is 5.97 Å². The molecule has 0 aromatic carbocycles. The van der Waals surface area contributed by atoms with Gasteiger partial charge in [0.2, 0.25) is 0 Å². The quantitative estimate of drug-likeness (QED) is 0.688. The van der Waals surface area contributed by atoms with E-state index in [4.69, 9.17) is 0 Å². The van der Waals surface area contributed by atoms with Crippen LogP contribution in [-0.2, 0) is 14.4 Å². The molecule has 0 aliphatic heterocycles. The Balaban J connectivity index is 1.78. The van der Waals surface area contributed by atoms with Gasteiger partial charge in [-0.15, -0.1) is 0 Å². The summed E-state index contributed by atoms with van der Waals surface area (Å²) in [6.07, 6.45) is 7.54. The second-order valence-electron chi connectivity index (χ2n) is 10.6. The Hall–Kier alpha value is -1.14. The summed E-state index contributed by atoms with van der Waals surface area (Å²) >= 11 is 1.40. The maximum absolute atomic E-state index is 12.5. The zero-order valence-electron chi connectivity index (χ0n) is 18.3. The van der Waals surface area contributed by atoms with Crippen LogP contribution in [-0.4, -0.2) is 38.9 Å². The molecule has 0 radical (unpaired) electrons. The predicted molar refractivity (Wildman–Crippen MR) is 116 cm³/mol. The van der Waals surface area contributed by atoms with Crippen LogP contribution in [0.4, 0.5) is 0 Å². The predicted octanol–water partition coefficient (Wildman–Crippen LogP) is 4.23. The first-order chi connectivity index (χ1) is 14.1. The number of hydrogen-bond acceptors (Lipinski definition) is 5. The summed E-state index contributed by atoms with van der Waals surface area (Å²) < 4.78 is 0. The van der Waals surface area contributed by atoms with E-state index in [-0.39, 0.29) is 45.4 Å². The van der Waals surface area contributed by atoms with Gasteiger partial charge in [-0.25, -0.2) is 0 Å². The molecule has 0 amide bonds. The van der Waals surface area contributed by atoms with Crippen molar-refractivity contribution in [3.63, 3.8) is 0 Å². The Morgan fingerprint density at radius 3 is 2.50 bits per heavy atom. The fraction of sp³-hybridized carbons (Fsp3) is 0.792. The van der Waals surface area contributed by atoms with E-state index < -0.39 is 11.4 Å². The van der Waals surface area contributed by atoms with E-state index in [0.717, 1.165) is 32.1 Å². The van der Waals surface area contributed by atoms with Crippen molar-refractivity contribution in [1.29, 1.82) is 0 Å². The Morgan fingerprint density at radius 1 is 1.17 bits per heavy atom. The van der Waals surface area contributed by atoms with E-state index in [1.54, 1.807) is 6.92 Å². The molecule has 5 nitrogen and oxygen atoms in total. The molecule has 0 aromatic rings. The van der Waals surface area contributed by atoms with Crippen LogP contribution in [0, 0.1) is 34.0 Å². The highest BCUT2D eigenvalue weighted by atomic mass is 32.2. The van der Waals surface area contributed by atoms with E-state index in [0.29, 0.717) is 25.2 Å². The summed E-state index contributed by atoms with van der Waals surface area (Å²) in [7, 11) is 0. The van der Waals surface area contributed by atoms with E-state index in [1.807, 2.05) is 6.08 Å². The largest absolute Gasteiger partial charge is 0.481 e. The number of aliphatic hydroxyl groups excluding tert-OH is 1. The monoisotopic (exact) mass is 434 g/mol. The van der Waals surface area contributed by atoms with Gasteiger partial charge < -0.3 is 10.2 Å². The standard InChI is InChI=1S/C24H34O5S/c1-14(26)30-19-13-15-12-16(27)4-7-22(15,2)17-5-8-23(3)18(20(17)19)6-9-24(23,10-11-25)21(28)29/h12,17-20,25H,4-11,13H2,1-3H3,(H,28,29)/t17-,18-,19?,20+,22-,23-,24+/m0/s1. The average Bonchev–Trinajstić information content (AvgIpc) is 2.96. The molecule has 0 heterocycles. The number of carboxylic acids is 1. The lowest BCUT2D eigenvalue weighted by Crippen LogP contribution is -2.57. The maximum atomic E-state index is 12.5. The third kappa shape index (κ3) is 2.96. The van der Waals surface area contributed by atoms with Crippen molar-refractivity contribution >= 4 is 28.6 Å². The molecular formula is C24H34O5S. The number of carbonyl (C=O) groups is 3. The van der Waals surface area contributed by atoms with Crippen molar-refractivity contribution in [2.24, 2.45) is 34.0 Å². The first-order valence-electron chi connectivity index (χ1n) is 11.3. The Kier molecular flexibility index (Phi) is 5.50. The third-order valence-corrected chi connectivity index (χ3v) is 10.7. The van der Waals surface area contributed by atoms with Gasteiger partial charge in [0.1, 0.15) is 0 Å². The Labute approximate surface area is 183 Å². The smallest absolute Gasteiger partial charge is 0.310 e. The molecule has 7 atom stereocenters. The van der Waals surface area contributed by atoms with Gasteiger partial charge in [0.25, 0.3) is 0 Å². The highest BCUT2D eigenvalue weighted by Crippen LogP contribution is 2.71. The maximum Gasteiger partial charge on any atom is 0.310 e. The van der Waals surface area contributed by atoms with Gasteiger partial charge in [-0.1, -0.05) is 31.2 Å². The van der Waals surface area contributed by atoms with Crippen molar-refractivity contribution in [1.82, 2.24) is 0 Å². The molecule has 4 rings (SSSR count). The summed E-state index contributed by atoms with van der Waals surface area (Å²) in [6.45, 7) is 5.94. The summed E-state index contributed by atoms with van der Waals surface area (Å²) in [6, 6.07) is 0. The average molecular weight is 435 g/mol. The van der Waals surface area contributed by atoms with Gasteiger partial charge in [0.15, 0.2) is 10.9 Å². The number of aliphatic carboxylic acids is 1. The molecule has 2 N–H and O–H groups in total. The van der Waals surface area contributed by atoms with Crippen LogP contribution in [0.25, 0.3) is 0 Å². The normalized spacial score (nSPS) is 45.2. The van der Waals surface area contributed by atoms with Crippen LogP contribution in [0.3, 0.4) is 0 Å². The first kappa shape index (κ1) is 22.1. The van der Waals surface area contributed by atoms with Crippen LogP contribution in [0.1, 0.15) is 72.1 Å². The van der Waals surface area contributed by atoms with Gasteiger partial charge in [-0.05, 0) is 79.6 Å². The lowest BCUT2D eigenvalue weighted by atomic mass is 9.45. The summed E-state index contributed by atoms with van der Waals surface area (Å²) in [5.74, 6) is 0.294. The second kappa shape index (κ2) is 7.47. The molecule has 0 bridgehead atoms. The number of thioether (sulfide) groups is 1. The van der Waals surface area contributed by atoms with Crippen molar-refractivity contribution in [2.75, 3.05) is 6.61 Å². The minimum atomic E-state index is -0.887. The molecular weight excluding hydrogens is 400 g/mol. The molecule has 3 fully saturated rings. The number of rotatable bonds is 4. The zero-order chi connectivity index (χ0) is 21.9. The van der Waals surface area contributed by atoms with E-state index in [1.165, 1.54) is 17.3 Å².